The molecular weight excluding hydrogens is 206 g/mol. The fraction of sp³-hybridized carbons (Fsp3) is 0.333. The van der Waals surface area contributed by atoms with E-state index in [4.69, 9.17) is 0 Å². The number of likely N-dealkylation sites (N-methyl/N-ethyl adjacent to an activating group) is 1. The summed E-state index contributed by atoms with van der Waals surface area (Å²) in [7, 11) is 1.60. The van der Waals surface area contributed by atoms with Crippen molar-refractivity contribution in [2.45, 2.75) is 18.9 Å². The van der Waals surface area contributed by atoms with E-state index in [2.05, 4.69) is 0 Å². The molecule has 84 valence electrons. The van der Waals surface area contributed by atoms with Crippen LogP contribution in [0.25, 0.3) is 0 Å². The number of carbonyl (C=O) groups excluding carboxylic acids is 2. The molecule has 0 bridgehead atoms. The van der Waals surface area contributed by atoms with Crippen molar-refractivity contribution in [3.8, 4) is 0 Å². The molecule has 0 aliphatic carbocycles. The van der Waals surface area contributed by atoms with Crippen molar-refractivity contribution < 1.29 is 14.7 Å². The van der Waals surface area contributed by atoms with E-state index in [-0.39, 0.29) is 12.2 Å². The molecule has 1 N–H and O–H groups in total. The van der Waals surface area contributed by atoms with Crippen LogP contribution in [0.5, 0.6) is 0 Å². The van der Waals surface area contributed by atoms with Gasteiger partial charge in [-0.2, -0.15) is 0 Å². The number of hydrogen-bond acceptors (Lipinski definition) is 3. The monoisotopic (exact) mass is 219 g/mol. The molecule has 0 radical (unpaired) electrons. The largest absolute Gasteiger partial charge is 0.375 e. The maximum atomic E-state index is 11.9. The smallest absolute Gasteiger partial charge is 0.263 e. The predicted molar refractivity (Wildman–Crippen MR) is 59.0 cm³/mol. The third-order valence-corrected chi connectivity index (χ3v) is 2.87. The summed E-state index contributed by atoms with van der Waals surface area (Å²) in [5, 5.41) is 10.3. The minimum absolute atomic E-state index is 0.173. The number of aliphatic hydroxyl groups is 1. The zero-order chi connectivity index (χ0) is 11.9. The van der Waals surface area contributed by atoms with Crippen molar-refractivity contribution in [3.05, 3.63) is 29.8 Å². The molecule has 1 aliphatic rings. The number of anilines is 1. The first-order valence-electron chi connectivity index (χ1n) is 5.06. The first kappa shape index (κ1) is 10.8. The highest BCUT2D eigenvalue weighted by Gasteiger charge is 2.48. The summed E-state index contributed by atoms with van der Waals surface area (Å²) in [5.41, 5.74) is -0.508. The van der Waals surface area contributed by atoms with Crippen LogP contribution in [-0.2, 0) is 15.2 Å². The number of amides is 1. The molecule has 1 aliphatic heterocycles. The molecule has 1 heterocycles. The lowest BCUT2D eigenvalue weighted by atomic mass is 9.90. The van der Waals surface area contributed by atoms with E-state index in [9.17, 15) is 14.7 Å². The highest BCUT2D eigenvalue weighted by Crippen LogP contribution is 2.41. The summed E-state index contributed by atoms with van der Waals surface area (Å²) in [6.07, 6.45) is -0.173. The van der Waals surface area contributed by atoms with Gasteiger partial charge in [0, 0.05) is 19.0 Å². The van der Waals surface area contributed by atoms with Crippen molar-refractivity contribution >= 4 is 17.4 Å². The van der Waals surface area contributed by atoms with Crippen LogP contribution in [0.2, 0.25) is 0 Å². The third kappa shape index (κ3) is 1.34. The molecule has 1 aromatic carbocycles. The quantitative estimate of drug-likeness (QED) is 0.801. The average Bonchev–Trinajstić information content (AvgIpc) is 2.42. The van der Waals surface area contributed by atoms with E-state index in [0.717, 1.165) is 0 Å². The van der Waals surface area contributed by atoms with Crippen molar-refractivity contribution in [2.24, 2.45) is 0 Å². The van der Waals surface area contributed by atoms with Gasteiger partial charge in [-0.1, -0.05) is 18.2 Å². The van der Waals surface area contributed by atoms with Crippen LogP contribution in [0.3, 0.4) is 0 Å². The molecular formula is C12H13NO3. The van der Waals surface area contributed by atoms with E-state index in [1.807, 2.05) is 0 Å². The summed E-state index contributed by atoms with van der Waals surface area (Å²) in [5.74, 6) is -0.648. The van der Waals surface area contributed by atoms with E-state index in [1.165, 1.54) is 11.8 Å². The molecule has 16 heavy (non-hydrogen) atoms. The van der Waals surface area contributed by atoms with Crippen molar-refractivity contribution in [3.63, 3.8) is 0 Å². The Kier molecular flexibility index (Phi) is 2.31. The number of ketones is 1. The molecule has 4 heteroatoms. The Bertz CT molecular complexity index is 469. The lowest BCUT2D eigenvalue weighted by Crippen LogP contribution is -2.39. The summed E-state index contributed by atoms with van der Waals surface area (Å²) >= 11 is 0. The Balaban J connectivity index is 2.56. The van der Waals surface area contributed by atoms with Crippen molar-refractivity contribution in [2.75, 3.05) is 11.9 Å². The van der Waals surface area contributed by atoms with Gasteiger partial charge in [-0.15, -0.1) is 0 Å². The summed E-state index contributed by atoms with van der Waals surface area (Å²) < 4.78 is 0. The van der Waals surface area contributed by atoms with Gasteiger partial charge in [0.1, 0.15) is 5.78 Å². The fourth-order valence-corrected chi connectivity index (χ4v) is 2.15. The molecule has 1 amide bonds. The third-order valence-electron chi connectivity index (χ3n) is 2.87. The van der Waals surface area contributed by atoms with Crippen LogP contribution in [0.1, 0.15) is 18.9 Å². The topological polar surface area (TPSA) is 57.6 Å². The van der Waals surface area contributed by atoms with Gasteiger partial charge in [0.05, 0.1) is 5.69 Å². The summed E-state index contributed by atoms with van der Waals surface area (Å²) in [6.45, 7) is 1.37. The Labute approximate surface area is 93.5 Å². The predicted octanol–water partition coefficient (Wildman–Crippen LogP) is 0.830. The maximum Gasteiger partial charge on any atom is 0.263 e. The van der Waals surface area contributed by atoms with Crippen molar-refractivity contribution in [1.29, 1.82) is 0 Å². The minimum Gasteiger partial charge on any atom is -0.375 e. The van der Waals surface area contributed by atoms with E-state index in [1.54, 1.807) is 31.3 Å². The second kappa shape index (κ2) is 3.42. The summed E-state index contributed by atoms with van der Waals surface area (Å²) in [4.78, 5) is 24.5. The van der Waals surface area contributed by atoms with Crippen LogP contribution in [0.15, 0.2) is 24.3 Å². The molecule has 1 aromatic rings. The zero-order valence-corrected chi connectivity index (χ0v) is 9.23. The van der Waals surface area contributed by atoms with E-state index < -0.39 is 11.5 Å². The van der Waals surface area contributed by atoms with E-state index >= 15 is 0 Å². The summed E-state index contributed by atoms with van der Waals surface area (Å²) in [6, 6.07) is 6.98. The van der Waals surface area contributed by atoms with Crippen LogP contribution < -0.4 is 4.90 Å². The molecule has 0 spiro atoms. The normalized spacial score (nSPS) is 23.4. The number of para-hydroxylation sites is 1. The van der Waals surface area contributed by atoms with Crippen LogP contribution >= 0.6 is 0 Å². The number of benzene rings is 1. The molecule has 0 saturated heterocycles. The zero-order valence-electron chi connectivity index (χ0n) is 9.23. The van der Waals surface area contributed by atoms with Crippen LogP contribution in [0, 0.1) is 0 Å². The second-order valence-corrected chi connectivity index (χ2v) is 4.12. The lowest BCUT2D eigenvalue weighted by Gasteiger charge is -2.20. The average molecular weight is 219 g/mol. The van der Waals surface area contributed by atoms with Crippen LogP contribution in [-0.4, -0.2) is 23.8 Å². The van der Waals surface area contributed by atoms with Gasteiger partial charge < -0.3 is 10.0 Å². The van der Waals surface area contributed by atoms with Gasteiger partial charge in [-0.3, -0.25) is 9.59 Å². The first-order chi connectivity index (χ1) is 7.47. The number of fused-ring (bicyclic) bond motifs is 1. The Hall–Kier alpha value is -1.68. The molecule has 4 nitrogen and oxygen atoms in total. The fourth-order valence-electron chi connectivity index (χ4n) is 2.15. The van der Waals surface area contributed by atoms with Gasteiger partial charge in [0.15, 0.2) is 5.60 Å². The number of carbonyl (C=O) groups is 2. The van der Waals surface area contributed by atoms with Crippen molar-refractivity contribution in [1.82, 2.24) is 0 Å². The van der Waals surface area contributed by atoms with Gasteiger partial charge in [-0.25, -0.2) is 0 Å². The first-order valence-corrected chi connectivity index (χ1v) is 5.06. The SMILES string of the molecule is CC(=O)CC1(O)C(=O)N(C)c2ccccc21. The van der Waals surface area contributed by atoms with Gasteiger partial charge in [-0.05, 0) is 13.0 Å². The standard InChI is InChI=1S/C12H13NO3/c1-8(14)7-12(16)9-5-3-4-6-10(9)13(2)11(12)15/h3-6,16H,7H2,1-2H3. The molecule has 2 rings (SSSR count). The second-order valence-electron chi connectivity index (χ2n) is 4.12. The Morgan fingerprint density at radius 1 is 1.44 bits per heavy atom. The minimum atomic E-state index is -1.68. The molecule has 0 fully saturated rings. The molecule has 0 aromatic heterocycles. The molecule has 1 unspecified atom stereocenters. The number of Topliss-reactive ketones (excluding diaryl/α,β-unsaturated/α-hetero) is 1. The molecule has 1 atom stereocenters. The maximum absolute atomic E-state index is 11.9. The highest BCUT2D eigenvalue weighted by molar-refractivity contribution is 6.08. The van der Waals surface area contributed by atoms with Gasteiger partial charge in [0.25, 0.3) is 5.91 Å². The Morgan fingerprint density at radius 3 is 2.69 bits per heavy atom. The Morgan fingerprint density at radius 2 is 2.06 bits per heavy atom. The van der Waals surface area contributed by atoms with Gasteiger partial charge >= 0.3 is 0 Å². The lowest BCUT2D eigenvalue weighted by molar-refractivity contribution is -0.141. The number of hydrogen-bond donors (Lipinski definition) is 1. The van der Waals surface area contributed by atoms with E-state index in [0.29, 0.717) is 11.3 Å². The number of nitrogens with zero attached hydrogens (tertiary/aromatic N) is 1. The van der Waals surface area contributed by atoms with Gasteiger partial charge in [0.2, 0.25) is 0 Å². The number of rotatable bonds is 2. The molecule has 0 saturated carbocycles. The highest BCUT2D eigenvalue weighted by atomic mass is 16.3. The van der Waals surface area contributed by atoms with Crippen LogP contribution in [0.4, 0.5) is 5.69 Å².